The lowest BCUT2D eigenvalue weighted by molar-refractivity contribution is 0.0993. The van der Waals surface area contributed by atoms with Crippen LogP contribution in [0.5, 0.6) is 0 Å². The molecular weight excluding hydrogens is 218 g/mol. The molecule has 0 amide bonds. The minimum absolute atomic E-state index is 0.223. The number of furan rings is 1. The topological polar surface area (TPSA) is 53.7 Å². The van der Waals surface area contributed by atoms with Gasteiger partial charge in [0.25, 0.3) is 0 Å². The summed E-state index contributed by atoms with van der Waals surface area (Å²) in [5.74, 6) is 1.22. The molecule has 2 rings (SSSR count). The number of rotatable bonds is 7. The lowest BCUT2D eigenvalue weighted by Gasteiger charge is -2.37. The Labute approximate surface area is 101 Å². The van der Waals surface area contributed by atoms with E-state index in [9.17, 15) is 4.79 Å². The highest BCUT2D eigenvalue weighted by atomic mass is 16.3. The van der Waals surface area contributed by atoms with Crippen molar-refractivity contribution in [1.29, 1.82) is 0 Å². The monoisotopic (exact) mass is 237 g/mol. The second-order valence-corrected chi connectivity index (χ2v) is 4.55. The summed E-state index contributed by atoms with van der Waals surface area (Å²) < 4.78 is 5.39. The van der Waals surface area contributed by atoms with Crippen LogP contribution >= 0.6 is 0 Å². The minimum Gasteiger partial charge on any atom is -0.457 e. The van der Waals surface area contributed by atoms with E-state index in [0.29, 0.717) is 11.8 Å². The number of hydrogen-bond donors (Lipinski definition) is 1. The van der Waals surface area contributed by atoms with Crippen LogP contribution in [0.3, 0.4) is 0 Å². The molecule has 0 unspecified atom stereocenters. The van der Waals surface area contributed by atoms with Gasteiger partial charge in [0.1, 0.15) is 5.76 Å². The smallest absolute Gasteiger partial charge is 0.185 e. The van der Waals surface area contributed by atoms with E-state index >= 15 is 0 Å². The number of nitrogens with zero attached hydrogens (tertiary/aromatic N) is 1. The Hall–Kier alpha value is -1.13. The fourth-order valence-corrected chi connectivity index (χ4v) is 2.16. The van der Waals surface area contributed by atoms with Gasteiger partial charge in [0.2, 0.25) is 0 Å². The molecular formula is C13H19NO3. The van der Waals surface area contributed by atoms with Crippen LogP contribution < -0.4 is 0 Å². The van der Waals surface area contributed by atoms with E-state index in [-0.39, 0.29) is 6.61 Å². The van der Waals surface area contributed by atoms with Gasteiger partial charge < -0.3 is 9.52 Å². The largest absolute Gasteiger partial charge is 0.457 e. The molecule has 0 bridgehead atoms. The second kappa shape index (κ2) is 5.98. The van der Waals surface area contributed by atoms with E-state index in [1.54, 1.807) is 6.07 Å². The Bertz CT molecular complexity index is 357. The highest BCUT2D eigenvalue weighted by Gasteiger charge is 2.25. The maximum Gasteiger partial charge on any atom is 0.185 e. The zero-order valence-corrected chi connectivity index (χ0v) is 9.97. The fourth-order valence-electron chi connectivity index (χ4n) is 2.16. The van der Waals surface area contributed by atoms with Crippen LogP contribution in [0.25, 0.3) is 0 Å². The highest BCUT2D eigenvalue weighted by molar-refractivity contribution is 5.70. The Morgan fingerprint density at radius 3 is 2.82 bits per heavy atom. The second-order valence-electron chi connectivity index (χ2n) is 4.55. The van der Waals surface area contributed by atoms with E-state index < -0.39 is 0 Å². The molecule has 1 saturated carbocycles. The van der Waals surface area contributed by atoms with Crippen LogP contribution in [0.15, 0.2) is 16.5 Å². The average Bonchev–Trinajstić information content (AvgIpc) is 2.71. The molecule has 1 aromatic rings. The lowest BCUT2D eigenvalue weighted by Crippen LogP contribution is -2.40. The van der Waals surface area contributed by atoms with Crippen LogP contribution in [0, 0.1) is 0 Å². The predicted molar refractivity (Wildman–Crippen MR) is 63.8 cm³/mol. The van der Waals surface area contributed by atoms with Crippen molar-refractivity contribution in [2.24, 2.45) is 0 Å². The van der Waals surface area contributed by atoms with Gasteiger partial charge in [-0.15, -0.1) is 0 Å². The first kappa shape index (κ1) is 12.3. The Kier molecular flexibility index (Phi) is 4.34. The highest BCUT2D eigenvalue weighted by Crippen LogP contribution is 2.26. The molecule has 1 aliphatic rings. The number of carbonyl (C=O) groups excluding carboxylic acids is 1. The van der Waals surface area contributed by atoms with Crippen molar-refractivity contribution in [2.75, 3.05) is 13.2 Å². The molecule has 0 aliphatic heterocycles. The first-order chi connectivity index (χ1) is 8.33. The molecule has 1 aromatic heterocycles. The summed E-state index contributed by atoms with van der Waals surface area (Å²) in [4.78, 5) is 12.9. The summed E-state index contributed by atoms with van der Waals surface area (Å²) in [7, 11) is 0. The van der Waals surface area contributed by atoms with Crippen LogP contribution in [-0.4, -0.2) is 35.5 Å². The van der Waals surface area contributed by atoms with E-state index in [0.717, 1.165) is 31.6 Å². The van der Waals surface area contributed by atoms with Gasteiger partial charge in [-0.05, 0) is 31.4 Å². The summed E-state index contributed by atoms with van der Waals surface area (Å²) in [5, 5.41) is 8.90. The number of carbonyl (C=O) groups is 1. The van der Waals surface area contributed by atoms with Gasteiger partial charge in [0, 0.05) is 19.2 Å². The zero-order valence-electron chi connectivity index (χ0n) is 9.97. The van der Waals surface area contributed by atoms with Crippen LogP contribution in [0.4, 0.5) is 0 Å². The number of aliphatic hydroxyl groups excluding tert-OH is 1. The van der Waals surface area contributed by atoms with E-state index in [1.165, 1.54) is 19.3 Å². The summed E-state index contributed by atoms with van der Waals surface area (Å²) >= 11 is 0. The standard InChI is InChI=1S/C13H19NO3/c15-8-2-7-14(11-3-1-4-11)9-12-5-6-13(10-16)17-12/h5-6,10-11,15H,1-4,7-9H2. The van der Waals surface area contributed by atoms with Gasteiger partial charge in [-0.3, -0.25) is 9.69 Å². The molecule has 4 heteroatoms. The third-order valence-corrected chi connectivity index (χ3v) is 3.35. The number of aldehydes is 1. The molecule has 0 saturated heterocycles. The summed E-state index contributed by atoms with van der Waals surface area (Å²) in [6.07, 6.45) is 5.26. The van der Waals surface area contributed by atoms with Crippen LogP contribution in [-0.2, 0) is 6.54 Å². The van der Waals surface area contributed by atoms with Crippen LogP contribution in [0.2, 0.25) is 0 Å². The van der Waals surface area contributed by atoms with E-state index in [2.05, 4.69) is 4.90 Å². The quantitative estimate of drug-likeness (QED) is 0.735. The Morgan fingerprint density at radius 2 is 2.29 bits per heavy atom. The molecule has 0 atom stereocenters. The van der Waals surface area contributed by atoms with Crippen molar-refractivity contribution in [2.45, 2.75) is 38.3 Å². The molecule has 94 valence electrons. The Morgan fingerprint density at radius 1 is 1.47 bits per heavy atom. The molecule has 1 fully saturated rings. The molecule has 1 N–H and O–H groups in total. The molecule has 0 spiro atoms. The van der Waals surface area contributed by atoms with Gasteiger partial charge in [0.15, 0.2) is 12.0 Å². The van der Waals surface area contributed by atoms with Gasteiger partial charge in [-0.2, -0.15) is 0 Å². The maximum absolute atomic E-state index is 10.5. The summed E-state index contributed by atoms with van der Waals surface area (Å²) in [6, 6.07) is 4.17. The van der Waals surface area contributed by atoms with Crippen molar-refractivity contribution in [3.63, 3.8) is 0 Å². The third kappa shape index (κ3) is 3.17. The van der Waals surface area contributed by atoms with Gasteiger partial charge in [-0.25, -0.2) is 0 Å². The van der Waals surface area contributed by atoms with Crippen molar-refractivity contribution in [3.8, 4) is 0 Å². The average molecular weight is 237 g/mol. The van der Waals surface area contributed by atoms with Crippen molar-refractivity contribution in [1.82, 2.24) is 4.90 Å². The molecule has 1 aliphatic carbocycles. The minimum atomic E-state index is 0.223. The van der Waals surface area contributed by atoms with E-state index in [4.69, 9.17) is 9.52 Å². The fraction of sp³-hybridized carbons (Fsp3) is 0.615. The molecule has 4 nitrogen and oxygen atoms in total. The van der Waals surface area contributed by atoms with Gasteiger partial charge >= 0.3 is 0 Å². The van der Waals surface area contributed by atoms with Gasteiger partial charge in [-0.1, -0.05) is 6.42 Å². The lowest BCUT2D eigenvalue weighted by atomic mass is 9.91. The third-order valence-electron chi connectivity index (χ3n) is 3.35. The zero-order chi connectivity index (χ0) is 12.1. The summed E-state index contributed by atoms with van der Waals surface area (Å²) in [6.45, 7) is 1.84. The molecule has 1 heterocycles. The van der Waals surface area contributed by atoms with Crippen molar-refractivity contribution in [3.05, 3.63) is 23.7 Å². The molecule has 0 aromatic carbocycles. The van der Waals surface area contributed by atoms with Crippen LogP contribution in [0.1, 0.15) is 42.0 Å². The first-order valence-corrected chi connectivity index (χ1v) is 6.22. The SMILES string of the molecule is O=Cc1ccc(CN(CCCO)C2CCC2)o1. The number of aliphatic hydroxyl groups is 1. The summed E-state index contributed by atoms with van der Waals surface area (Å²) in [5.41, 5.74) is 0. The molecule has 17 heavy (non-hydrogen) atoms. The van der Waals surface area contributed by atoms with Gasteiger partial charge in [0.05, 0.1) is 6.54 Å². The molecule has 0 radical (unpaired) electrons. The normalized spacial score (nSPS) is 16.1. The number of hydrogen-bond acceptors (Lipinski definition) is 4. The Balaban J connectivity index is 1.93. The van der Waals surface area contributed by atoms with Crippen molar-refractivity contribution < 1.29 is 14.3 Å². The van der Waals surface area contributed by atoms with E-state index in [1.807, 2.05) is 6.07 Å². The first-order valence-electron chi connectivity index (χ1n) is 6.22. The predicted octanol–water partition coefficient (Wildman–Crippen LogP) is 1.83. The maximum atomic E-state index is 10.5. The van der Waals surface area contributed by atoms with Crippen molar-refractivity contribution >= 4 is 6.29 Å².